The number of aromatic nitrogens is 1. The van der Waals surface area contributed by atoms with Crippen LogP contribution >= 0.6 is 0 Å². The van der Waals surface area contributed by atoms with Crippen LogP contribution in [0.1, 0.15) is 29.5 Å². The number of allylic oxidation sites excluding steroid dienone is 4. The molecular weight excluding hydrogens is 603 g/mol. The van der Waals surface area contributed by atoms with Crippen molar-refractivity contribution in [2.45, 2.75) is 18.3 Å². The maximum absolute atomic E-state index is 2.54. The largest absolute Gasteiger partial charge is 0.309 e. The molecule has 50 heavy (non-hydrogen) atoms. The highest BCUT2D eigenvalue weighted by atomic mass is 15.0. The second-order valence-corrected chi connectivity index (χ2v) is 13.6. The fraction of sp³-hybridized carbons (Fsp3) is 0.0612. The Balaban J connectivity index is 1.31. The van der Waals surface area contributed by atoms with Crippen LogP contribution in [0.2, 0.25) is 0 Å². The molecule has 1 heterocycles. The third-order valence-corrected chi connectivity index (χ3v) is 10.9. The first-order valence-corrected chi connectivity index (χ1v) is 17.6. The number of nitrogens with zero attached hydrogens (tertiary/aromatic N) is 1. The minimum atomic E-state index is -0.358. The van der Waals surface area contributed by atoms with Crippen LogP contribution in [0.25, 0.3) is 60.9 Å². The van der Waals surface area contributed by atoms with Crippen LogP contribution in [0.3, 0.4) is 0 Å². The molecule has 0 amide bonds. The van der Waals surface area contributed by atoms with E-state index in [4.69, 9.17) is 0 Å². The lowest BCUT2D eigenvalue weighted by Crippen LogP contribution is -2.30. The molecule has 0 aliphatic heterocycles. The van der Waals surface area contributed by atoms with Crippen LogP contribution in [0.5, 0.6) is 0 Å². The smallest absolute Gasteiger partial charge is 0.0676 e. The van der Waals surface area contributed by atoms with Crippen molar-refractivity contribution in [1.29, 1.82) is 0 Å². The molecule has 0 saturated heterocycles. The summed E-state index contributed by atoms with van der Waals surface area (Å²) >= 11 is 0. The van der Waals surface area contributed by atoms with Gasteiger partial charge in [0.05, 0.1) is 16.4 Å². The van der Waals surface area contributed by atoms with Crippen molar-refractivity contribution in [2.75, 3.05) is 0 Å². The highest BCUT2D eigenvalue weighted by Gasteiger charge is 2.47. The average molecular weight is 638 g/mol. The van der Waals surface area contributed by atoms with Gasteiger partial charge in [-0.1, -0.05) is 157 Å². The van der Waals surface area contributed by atoms with Crippen LogP contribution in [0, 0.1) is 0 Å². The van der Waals surface area contributed by atoms with Gasteiger partial charge in [0.25, 0.3) is 0 Å². The van der Waals surface area contributed by atoms with Crippen molar-refractivity contribution >= 4 is 21.8 Å². The van der Waals surface area contributed by atoms with E-state index in [2.05, 4.69) is 193 Å². The van der Waals surface area contributed by atoms with E-state index in [0.29, 0.717) is 0 Å². The van der Waals surface area contributed by atoms with Crippen LogP contribution in [0.4, 0.5) is 0 Å². The van der Waals surface area contributed by atoms with E-state index in [1.807, 2.05) is 0 Å². The predicted octanol–water partition coefficient (Wildman–Crippen LogP) is 12.7. The van der Waals surface area contributed by atoms with Crippen molar-refractivity contribution < 1.29 is 0 Å². The molecule has 0 saturated carbocycles. The Morgan fingerprint density at radius 2 is 1.08 bits per heavy atom. The normalized spacial score (nSPS) is 16.4. The zero-order valence-electron chi connectivity index (χ0n) is 27.8. The van der Waals surface area contributed by atoms with E-state index in [1.54, 1.807) is 0 Å². The molecule has 1 nitrogen and oxygen atoms in total. The zero-order valence-corrected chi connectivity index (χ0v) is 27.8. The zero-order chi connectivity index (χ0) is 33.1. The van der Waals surface area contributed by atoms with E-state index in [9.17, 15) is 0 Å². The van der Waals surface area contributed by atoms with Crippen molar-refractivity contribution in [3.8, 4) is 39.1 Å². The molecule has 0 N–H and O–H groups in total. The first kappa shape index (κ1) is 28.8. The van der Waals surface area contributed by atoms with Crippen molar-refractivity contribution in [3.63, 3.8) is 0 Å². The van der Waals surface area contributed by atoms with Crippen LogP contribution < -0.4 is 0 Å². The Morgan fingerprint density at radius 1 is 0.440 bits per heavy atom. The fourth-order valence-electron chi connectivity index (χ4n) is 8.79. The SMILES string of the molecule is C1=CCC(C2(c3ccccc3)c3ccccc3-c3cc4c(cc32)c2ccccc2n4-c2cc(-c3ccccc3)cc(-c3ccccc3)c2)=CC1. The average Bonchev–Trinajstić information content (AvgIpc) is 3.68. The lowest BCUT2D eigenvalue weighted by Gasteiger charge is -2.36. The first-order chi connectivity index (χ1) is 24.8. The van der Waals surface area contributed by atoms with E-state index >= 15 is 0 Å². The molecule has 0 spiro atoms. The summed E-state index contributed by atoms with van der Waals surface area (Å²) in [5.41, 5.74) is 16.3. The Kier molecular flexibility index (Phi) is 6.60. The molecule has 236 valence electrons. The predicted molar refractivity (Wildman–Crippen MR) is 210 cm³/mol. The van der Waals surface area contributed by atoms with Crippen molar-refractivity contribution in [1.82, 2.24) is 4.57 Å². The van der Waals surface area contributed by atoms with Gasteiger partial charge in [-0.2, -0.15) is 0 Å². The fourth-order valence-corrected chi connectivity index (χ4v) is 8.79. The first-order valence-electron chi connectivity index (χ1n) is 17.6. The molecule has 8 aromatic rings. The molecule has 0 radical (unpaired) electrons. The Labute approximate surface area is 293 Å². The van der Waals surface area contributed by atoms with Gasteiger partial charge in [0, 0.05) is 16.5 Å². The summed E-state index contributed by atoms with van der Waals surface area (Å²) in [6.45, 7) is 0. The van der Waals surface area contributed by atoms with Gasteiger partial charge in [-0.3, -0.25) is 0 Å². The van der Waals surface area contributed by atoms with Gasteiger partial charge in [-0.15, -0.1) is 0 Å². The highest BCUT2D eigenvalue weighted by molar-refractivity contribution is 6.12. The number of hydrogen-bond acceptors (Lipinski definition) is 0. The number of rotatable bonds is 5. The van der Waals surface area contributed by atoms with Crippen molar-refractivity contribution in [3.05, 3.63) is 210 Å². The maximum Gasteiger partial charge on any atom is 0.0676 e. The molecule has 2 aliphatic carbocycles. The van der Waals surface area contributed by atoms with Gasteiger partial charge in [0.1, 0.15) is 0 Å². The minimum absolute atomic E-state index is 0.358. The van der Waals surface area contributed by atoms with Gasteiger partial charge < -0.3 is 4.57 Å². The lowest BCUT2D eigenvalue weighted by molar-refractivity contribution is 0.718. The van der Waals surface area contributed by atoms with Gasteiger partial charge >= 0.3 is 0 Å². The topological polar surface area (TPSA) is 4.93 Å². The summed E-state index contributed by atoms with van der Waals surface area (Å²) in [6.07, 6.45) is 9.04. The monoisotopic (exact) mass is 637 g/mol. The van der Waals surface area contributed by atoms with Crippen LogP contribution in [-0.2, 0) is 5.41 Å². The molecule has 0 bridgehead atoms. The highest BCUT2D eigenvalue weighted by Crippen LogP contribution is 2.58. The standard InChI is InChI=1S/C49H35N/c1-5-17-34(18-6-1)36-29-37(35-19-7-2-8-20-35)31-40(30-36)50-47-28-16-14-26-42(47)44-32-46-43(33-48(44)50)41-25-13-15-27-45(41)49(46,38-21-9-3-10-22-38)39-23-11-4-12-24-39/h1-11,13-22,24-33H,12,23H2. The number of hydrogen-bond donors (Lipinski definition) is 0. The molecule has 1 atom stereocenters. The van der Waals surface area contributed by atoms with Gasteiger partial charge in [-0.25, -0.2) is 0 Å². The summed E-state index contributed by atoms with van der Waals surface area (Å²) in [4.78, 5) is 0. The molecule has 10 rings (SSSR count). The minimum Gasteiger partial charge on any atom is -0.309 e. The third kappa shape index (κ3) is 4.27. The Bertz CT molecular complexity index is 2560. The summed E-state index contributed by atoms with van der Waals surface area (Å²) in [7, 11) is 0. The summed E-state index contributed by atoms with van der Waals surface area (Å²) in [5, 5.41) is 2.55. The van der Waals surface area contributed by atoms with E-state index in [0.717, 1.165) is 18.5 Å². The quantitative estimate of drug-likeness (QED) is 0.166. The Hall–Kier alpha value is -6.18. The molecule has 0 fully saturated rings. The molecule has 2 aliphatic rings. The lowest BCUT2D eigenvalue weighted by atomic mass is 9.65. The van der Waals surface area contributed by atoms with Crippen LogP contribution in [-0.4, -0.2) is 4.57 Å². The summed E-state index contributed by atoms with van der Waals surface area (Å²) in [6, 6.07) is 62.9. The molecule has 7 aromatic carbocycles. The second-order valence-electron chi connectivity index (χ2n) is 13.6. The van der Waals surface area contributed by atoms with Crippen LogP contribution in [0.15, 0.2) is 194 Å². The molecule has 1 unspecified atom stereocenters. The molecular formula is C49H35N. The van der Waals surface area contributed by atoms with Gasteiger partial charge in [0.2, 0.25) is 0 Å². The summed E-state index contributed by atoms with van der Waals surface area (Å²) in [5.74, 6) is 0. The van der Waals surface area contributed by atoms with Gasteiger partial charge in [-0.05, 0) is 99.3 Å². The van der Waals surface area contributed by atoms with E-state index in [-0.39, 0.29) is 5.41 Å². The van der Waals surface area contributed by atoms with Crippen molar-refractivity contribution in [2.24, 2.45) is 0 Å². The number of fused-ring (bicyclic) bond motifs is 6. The van der Waals surface area contributed by atoms with Gasteiger partial charge in [0.15, 0.2) is 0 Å². The second kappa shape index (κ2) is 11.5. The maximum atomic E-state index is 2.54. The number of para-hydroxylation sites is 1. The number of benzene rings is 7. The third-order valence-electron chi connectivity index (χ3n) is 10.9. The molecule has 1 aromatic heterocycles. The Morgan fingerprint density at radius 3 is 1.78 bits per heavy atom. The summed E-state index contributed by atoms with van der Waals surface area (Å²) < 4.78 is 2.50. The molecule has 1 heteroatoms. The van der Waals surface area contributed by atoms with E-state index < -0.39 is 0 Å². The van der Waals surface area contributed by atoms with E-state index in [1.165, 1.54) is 77.5 Å².